The SMILES string of the molecule is C[C@@H]1[C@H](O)c2ccccc2O[C@@H]1N1CCOCC1. The van der Waals surface area contributed by atoms with Crippen LogP contribution in [0, 0.1) is 5.92 Å². The summed E-state index contributed by atoms with van der Waals surface area (Å²) in [6, 6.07) is 7.75. The minimum Gasteiger partial charge on any atom is -0.474 e. The molecular weight excluding hydrogens is 230 g/mol. The zero-order chi connectivity index (χ0) is 12.5. The van der Waals surface area contributed by atoms with Crippen molar-refractivity contribution < 1.29 is 14.6 Å². The average molecular weight is 249 g/mol. The van der Waals surface area contributed by atoms with Gasteiger partial charge in [-0.05, 0) is 6.07 Å². The third-order valence-corrected chi connectivity index (χ3v) is 3.84. The van der Waals surface area contributed by atoms with Gasteiger partial charge in [0.15, 0.2) is 6.23 Å². The Morgan fingerprint density at radius 2 is 1.94 bits per heavy atom. The minimum atomic E-state index is -0.456. The summed E-state index contributed by atoms with van der Waals surface area (Å²) in [5, 5.41) is 10.4. The normalized spacial score (nSPS) is 32.7. The lowest BCUT2D eigenvalue weighted by molar-refractivity contribution is -0.106. The van der Waals surface area contributed by atoms with E-state index in [1.807, 2.05) is 31.2 Å². The van der Waals surface area contributed by atoms with Gasteiger partial charge in [0.05, 0.1) is 19.3 Å². The zero-order valence-electron chi connectivity index (χ0n) is 10.6. The zero-order valence-corrected chi connectivity index (χ0v) is 10.6. The second kappa shape index (κ2) is 4.88. The standard InChI is InChI=1S/C14H19NO3/c1-10-13(16)11-4-2-3-5-12(11)18-14(10)15-6-8-17-9-7-15/h2-5,10,13-14,16H,6-9H2,1H3/t10-,13+,14+/m1/s1. The van der Waals surface area contributed by atoms with E-state index in [4.69, 9.17) is 9.47 Å². The van der Waals surface area contributed by atoms with Crippen molar-refractivity contribution in [2.75, 3.05) is 26.3 Å². The molecule has 0 unspecified atom stereocenters. The molecule has 0 aromatic heterocycles. The molecule has 2 aliphatic rings. The fraction of sp³-hybridized carbons (Fsp3) is 0.571. The number of aliphatic hydroxyl groups is 1. The van der Waals surface area contributed by atoms with Crippen molar-refractivity contribution in [2.45, 2.75) is 19.3 Å². The van der Waals surface area contributed by atoms with Crippen LogP contribution < -0.4 is 4.74 Å². The van der Waals surface area contributed by atoms with E-state index in [1.54, 1.807) is 0 Å². The lowest BCUT2D eigenvalue weighted by Crippen LogP contribution is -2.52. The van der Waals surface area contributed by atoms with Crippen molar-refractivity contribution in [3.63, 3.8) is 0 Å². The largest absolute Gasteiger partial charge is 0.474 e. The number of morpholine rings is 1. The summed E-state index contributed by atoms with van der Waals surface area (Å²) in [6.07, 6.45) is -0.512. The first-order chi connectivity index (χ1) is 8.77. The first kappa shape index (κ1) is 12.0. The molecule has 1 aromatic carbocycles. The fourth-order valence-corrected chi connectivity index (χ4v) is 2.75. The van der Waals surface area contributed by atoms with E-state index < -0.39 is 6.10 Å². The van der Waals surface area contributed by atoms with Crippen LogP contribution in [-0.4, -0.2) is 42.5 Å². The van der Waals surface area contributed by atoms with Crippen LogP contribution in [0.3, 0.4) is 0 Å². The number of rotatable bonds is 1. The Morgan fingerprint density at radius 1 is 1.22 bits per heavy atom. The molecule has 3 rings (SSSR count). The Kier molecular flexibility index (Phi) is 3.24. The summed E-state index contributed by atoms with van der Waals surface area (Å²) in [5.74, 6) is 0.873. The predicted molar refractivity (Wildman–Crippen MR) is 67.4 cm³/mol. The third-order valence-electron chi connectivity index (χ3n) is 3.84. The molecule has 0 bridgehead atoms. The molecule has 0 radical (unpaired) electrons. The second-order valence-corrected chi connectivity index (χ2v) is 5.00. The van der Waals surface area contributed by atoms with Gasteiger partial charge < -0.3 is 14.6 Å². The van der Waals surface area contributed by atoms with Gasteiger partial charge in [-0.1, -0.05) is 25.1 Å². The topological polar surface area (TPSA) is 41.9 Å². The van der Waals surface area contributed by atoms with Crippen LogP contribution in [0.25, 0.3) is 0 Å². The summed E-state index contributed by atoms with van der Waals surface area (Å²) in [7, 11) is 0. The predicted octanol–water partition coefficient (Wildman–Crippen LogP) is 1.41. The third kappa shape index (κ3) is 2.00. The highest BCUT2D eigenvalue weighted by Gasteiger charge is 2.37. The van der Waals surface area contributed by atoms with Crippen LogP contribution >= 0.6 is 0 Å². The maximum atomic E-state index is 10.4. The number of nitrogens with zero attached hydrogens (tertiary/aromatic N) is 1. The molecule has 1 saturated heterocycles. The first-order valence-corrected chi connectivity index (χ1v) is 6.53. The highest BCUT2D eigenvalue weighted by atomic mass is 16.5. The van der Waals surface area contributed by atoms with Crippen molar-refractivity contribution in [3.05, 3.63) is 29.8 Å². The minimum absolute atomic E-state index is 0.0567. The van der Waals surface area contributed by atoms with Gasteiger partial charge in [-0.15, -0.1) is 0 Å². The molecule has 0 amide bonds. The lowest BCUT2D eigenvalue weighted by atomic mass is 9.91. The van der Waals surface area contributed by atoms with Gasteiger partial charge in [0.2, 0.25) is 0 Å². The van der Waals surface area contributed by atoms with Crippen molar-refractivity contribution in [2.24, 2.45) is 5.92 Å². The summed E-state index contributed by atoms with van der Waals surface area (Å²) < 4.78 is 11.4. The van der Waals surface area contributed by atoms with Crippen LogP contribution in [-0.2, 0) is 4.74 Å². The Morgan fingerprint density at radius 3 is 2.72 bits per heavy atom. The van der Waals surface area contributed by atoms with Crippen LogP contribution in [0.2, 0.25) is 0 Å². The van der Waals surface area contributed by atoms with Gasteiger partial charge >= 0.3 is 0 Å². The summed E-state index contributed by atoms with van der Waals surface area (Å²) >= 11 is 0. The van der Waals surface area contributed by atoms with Gasteiger partial charge in [-0.2, -0.15) is 0 Å². The summed E-state index contributed by atoms with van der Waals surface area (Å²) in [6.45, 7) is 5.25. The lowest BCUT2D eigenvalue weighted by Gasteiger charge is -2.42. The average Bonchev–Trinajstić information content (AvgIpc) is 2.44. The molecular formula is C14H19NO3. The molecule has 4 nitrogen and oxygen atoms in total. The van der Waals surface area contributed by atoms with Crippen molar-refractivity contribution in [1.29, 1.82) is 0 Å². The monoisotopic (exact) mass is 249 g/mol. The van der Waals surface area contributed by atoms with Gasteiger partial charge in [-0.25, -0.2) is 0 Å². The summed E-state index contributed by atoms with van der Waals surface area (Å²) in [4.78, 5) is 2.26. The van der Waals surface area contributed by atoms with Gasteiger partial charge in [0.1, 0.15) is 5.75 Å². The Balaban J connectivity index is 1.85. The number of para-hydroxylation sites is 1. The highest BCUT2D eigenvalue weighted by Crippen LogP contribution is 2.39. The van der Waals surface area contributed by atoms with Crippen molar-refractivity contribution in [1.82, 2.24) is 4.90 Å². The fourth-order valence-electron chi connectivity index (χ4n) is 2.75. The molecule has 0 aliphatic carbocycles. The second-order valence-electron chi connectivity index (χ2n) is 5.00. The smallest absolute Gasteiger partial charge is 0.158 e. The number of benzene rings is 1. The Hall–Kier alpha value is -1.10. The molecule has 1 aromatic rings. The van der Waals surface area contributed by atoms with E-state index in [2.05, 4.69) is 4.90 Å². The number of fused-ring (bicyclic) bond motifs is 1. The molecule has 1 fully saturated rings. The van der Waals surface area contributed by atoms with Gasteiger partial charge in [0, 0.05) is 24.6 Å². The molecule has 1 N–H and O–H groups in total. The van der Waals surface area contributed by atoms with E-state index in [-0.39, 0.29) is 12.1 Å². The molecule has 2 aliphatic heterocycles. The molecule has 18 heavy (non-hydrogen) atoms. The van der Waals surface area contributed by atoms with Gasteiger partial charge in [-0.3, -0.25) is 4.90 Å². The molecule has 0 spiro atoms. The highest BCUT2D eigenvalue weighted by molar-refractivity contribution is 5.37. The number of hydrogen-bond donors (Lipinski definition) is 1. The molecule has 2 heterocycles. The van der Waals surface area contributed by atoms with E-state index >= 15 is 0 Å². The quantitative estimate of drug-likeness (QED) is 0.817. The van der Waals surface area contributed by atoms with Crippen LogP contribution in [0.1, 0.15) is 18.6 Å². The number of aliphatic hydroxyl groups excluding tert-OH is 1. The van der Waals surface area contributed by atoms with Gasteiger partial charge in [0.25, 0.3) is 0 Å². The number of ether oxygens (including phenoxy) is 2. The van der Waals surface area contributed by atoms with Crippen molar-refractivity contribution in [3.8, 4) is 5.75 Å². The molecule has 98 valence electrons. The van der Waals surface area contributed by atoms with E-state index in [9.17, 15) is 5.11 Å². The van der Waals surface area contributed by atoms with Crippen LogP contribution in [0.5, 0.6) is 5.75 Å². The summed E-state index contributed by atoms with van der Waals surface area (Å²) in [5.41, 5.74) is 0.898. The first-order valence-electron chi connectivity index (χ1n) is 6.53. The van der Waals surface area contributed by atoms with E-state index in [0.29, 0.717) is 0 Å². The Labute approximate surface area is 107 Å². The molecule has 3 atom stereocenters. The van der Waals surface area contributed by atoms with E-state index in [1.165, 1.54) is 0 Å². The van der Waals surface area contributed by atoms with E-state index in [0.717, 1.165) is 37.6 Å². The van der Waals surface area contributed by atoms with Crippen LogP contribution in [0.15, 0.2) is 24.3 Å². The number of hydrogen-bond acceptors (Lipinski definition) is 4. The maximum absolute atomic E-state index is 10.4. The van der Waals surface area contributed by atoms with Crippen molar-refractivity contribution >= 4 is 0 Å². The maximum Gasteiger partial charge on any atom is 0.158 e. The molecule has 4 heteroatoms. The molecule has 0 saturated carbocycles. The van der Waals surface area contributed by atoms with Crippen LogP contribution in [0.4, 0.5) is 0 Å². The Bertz CT molecular complexity index is 417.